The largest absolute Gasteiger partial charge is 0.486 e. The molecule has 0 aliphatic carbocycles. The van der Waals surface area contributed by atoms with Crippen molar-refractivity contribution in [2.24, 2.45) is 0 Å². The highest BCUT2D eigenvalue weighted by Gasteiger charge is 2.28. The molecule has 0 saturated heterocycles. The van der Waals surface area contributed by atoms with Crippen LogP contribution in [0.3, 0.4) is 0 Å². The van der Waals surface area contributed by atoms with E-state index in [4.69, 9.17) is 9.47 Å². The number of rotatable bonds is 2. The molecule has 0 radical (unpaired) electrons. The Morgan fingerprint density at radius 1 is 1.60 bits per heavy atom. The van der Waals surface area contributed by atoms with E-state index in [1.54, 1.807) is 13.1 Å². The Morgan fingerprint density at radius 3 is 3.15 bits per heavy atom. The van der Waals surface area contributed by atoms with Crippen LogP contribution in [0.15, 0.2) is 12.4 Å². The summed E-state index contributed by atoms with van der Waals surface area (Å²) < 4.78 is 12.2. The van der Waals surface area contributed by atoms with Crippen LogP contribution < -0.4 is 10.1 Å². The lowest BCUT2D eigenvalue weighted by Crippen LogP contribution is -2.41. The van der Waals surface area contributed by atoms with Gasteiger partial charge in [-0.2, -0.15) is 5.10 Å². The summed E-state index contributed by atoms with van der Waals surface area (Å²) in [4.78, 5) is 16.3. The smallest absolute Gasteiger partial charge is 0.343 e. The molecule has 0 fully saturated rings. The summed E-state index contributed by atoms with van der Waals surface area (Å²) in [5.41, 5.74) is 0.596. The molecule has 7 nitrogen and oxygen atoms in total. The molecule has 0 saturated carbocycles. The Morgan fingerprint density at radius 2 is 2.40 bits per heavy atom. The molecule has 3 heterocycles. The summed E-state index contributed by atoms with van der Waals surface area (Å²) in [7, 11) is 0. The van der Waals surface area contributed by atoms with Crippen LogP contribution in [0.2, 0.25) is 0 Å². The maximum Gasteiger partial charge on any atom is 0.343 e. The van der Waals surface area contributed by atoms with E-state index < -0.39 is 5.97 Å². The average molecular weight is 276 g/mol. The SMILES string of the molecule is CCOC(=O)c1cnn2cc3c(nc12)NC(C)(C)CO3. The van der Waals surface area contributed by atoms with E-state index in [2.05, 4.69) is 15.4 Å². The minimum Gasteiger partial charge on any atom is -0.486 e. The molecular weight excluding hydrogens is 260 g/mol. The standard InChI is InChI=1S/C13H16N4O3/c1-4-19-12(18)8-5-14-17-6-9-10(15-11(8)17)16-13(2,3)7-20-9/h5-6H,4,7H2,1-3H3,(H,15,16). The minimum atomic E-state index is -0.425. The van der Waals surface area contributed by atoms with Gasteiger partial charge in [0.05, 0.1) is 24.5 Å². The Bertz CT molecular complexity index is 678. The zero-order valence-corrected chi connectivity index (χ0v) is 11.6. The molecule has 0 atom stereocenters. The number of carbonyl (C=O) groups is 1. The van der Waals surface area contributed by atoms with Crippen LogP contribution in [0.4, 0.5) is 5.82 Å². The van der Waals surface area contributed by atoms with Crippen molar-refractivity contribution in [2.75, 3.05) is 18.5 Å². The molecule has 0 spiro atoms. The Balaban J connectivity index is 2.08. The lowest BCUT2D eigenvalue weighted by Gasteiger charge is -2.32. The molecule has 3 rings (SSSR count). The van der Waals surface area contributed by atoms with Crippen LogP contribution in [0, 0.1) is 0 Å². The van der Waals surface area contributed by atoms with E-state index in [0.29, 0.717) is 36.0 Å². The number of ether oxygens (including phenoxy) is 2. The van der Waals surface area contributed by atoms with Crippen LogP contribution in [0.25, 0.3) is 5.65 Å². The second kappa shape index (κ2) is 4.36. The van der Waals surface area contributed by atoms with Gasteiger partial charge in [0, 0.05) is 0 Å². The summed E-state index contributed by atoms with van der Waals surface area (Å²) >= 11 is 0. The second-order valence-electron chi connectivity index (χ2n) is 5.30. The molecule has 2 aromatic rings. The number of hydrogen-bond donors (Lipinski definition) is 1. The maximum atomic E-state index is 11.8. The molecule has 1 N–H and O–H groups in total. The van der Waals surface area contributed by atoms with Crippen LogP contribution in [-0.4, -0.2) is 39.3 Å². The highest BCUT2D eigenvalue weighted by Crippen LogP contribution is 2.31. The van der Waals surface area contributed by atoms with E-state index in [1.165, 1.54) is 10.7 Å². The predicted octanol–water partition coefficient (Wildman–Crippen LogP) is 1.49. The predicted molar refractivity (Wildman–Crippen MR) is 72.1 cm³/mol. The molecule has 1 aliphatic rings. The number of hydrogen-bond acceptors (Lipinski definition) is 6. The molecular formula is C13H16N4O3. The fourth-order valence-electron chi connectivity index (χ4n) is 2.06. The van der Waals surface area contributed by atoms with Gasteiger partial charge in [0.1, 0.15) is 12.2 Å². The minimum absolute atomic E-state index is 0.206. The van der Waals surface area contributed by atoms with E-state index in [9.17, 15) is 4.79 Å². The molecule has 0 bridgehead atoms. The van der Waals surface area contributed by atoms with Crippen LogP contribution >= 0.6 is 0 Å². The molecule has 106 valence electrons. The Hall–Kier alpha value is -2.31. The third-order valence-corrected chi connectivity index (χ3v) is 3.00. The van der Waals surface area contributed by atoms with Gasteiger partial charge >= 0.3 is 5.97 Å². The molecule has 20 heavy (non-hydrogen) atoms. The Kier molecular flexibility index (Phi) is 2.77. The normalized spacial score (nSPS) is 16.1. The van der Waals surface area contributed by atoms with Gasteiger partial charge in [-0.1, -0.05) is 0 Å². The molecule has 1 aliphatic heterocycles. The number of nitrogens with zero attached hydrogens (tertiary/aromatic N) is 3. The number of fused-ring (bicyclic) bond motifs is 2. The molecule has 2 aromatic heterocycles. The lowest BCUT2D eigenvalue weighted by atomic mass is 10.1. The number of aromatic nitrogens is 3. The summed E-state index contributed by atoms with van der Waals surface area (Å²) in [5.74, 6) is 0.807. The van der Waals surface area contributed by atoms with E-state index in [1.807, 2.05) is 13.8 Å². The lowest BCUT2D eigenvalue weighted by molar-refractivity contribution is 0.0528. The topological polar surface area (TPSA) is 77.8 Å². The van der Waals surface area contributed by atoms with Crippen molar-refractivity contribution in [2.45, 2.75) is 26.3 Å². The van der Waals surface area contributed by atoms with Crippen molar-refractivity contribution in [3.63, 3.8) is 0 Å². The Labute approximate surface area is 115 Å². The van der Waals surface area contributed by atoms with Gasteiger partial charge in [-0.05, 0) is 20.8 Å². The first-order valence-corrected chi connectivity index (χ1v) is 6.46. The van der Waals surface area contributed by atoms with E-state index in [-0.39, 0.29) is 5.54 Å². The molecule has 7 heteroatoms. The van der Waals surface area contributed by atoms with Crippen molar-refractivity contribution >= 4 is 17.4 Å². The van der Waals surface area contributed by atoms with E-state index >= 15 is 0 Å². The fourth-order valence-corrected chi connectivity index (χ4v) is 2.06. The number of nitrogens with one attached hydrogen (secondary N) is 1. The van der Waals surface area contributed by atoms with Crippen molar-refractivity contribution in [1.29, 1.82) is 0 Å². The van der Waals surface area contributed by atoms with Gasteiger partial charge in [0.2, 0.25) is 0 Å². The van der Waals surface area contributed by atoms with Gasteiger partial charge in [0.15, 0.2) is 17.2 Å². The van der Waals surface area contributed by atoms with Crippen molar-refractivity contribution in [3.8, 4) is 5.75 Å². The summed E-state index contributed by atoms with van der Waals surface area (Å²) in [6, 6.07) is 0. The summed E-state index contributed by atoms with van der Waals surface area (Å²) in [5, 5.41) is 7.40. The van der Waals surface area contributed by atoms with Gasteiger partial charge < -0.3 is 14.8 Å². The number of anilines is 1. The summed E-state index contributed by atoms with van der Waals surface area (Å²) in [6.07, 6.45) is 3.17. The van der Waals surface area contributed by atoms with Crippen LogP contribution in [0.5, 0.6) is 5.75 Å². The number of esters is 1. The highest BCUT2D eigenvalue weighted by molar-refractivity contribution is 5.95. The maximum absolute atomic E-state index is 11.8. The molecule has 0 unspecified atom stereocenters. The van der Waals surface area contributed by atoms with Gasteiger partial charge in [-0.15, -0.1) is 0 Å². The van der Waals surface area contributed by atoms with Gasteiger partial charge in [0.25, 0.3) is 0 Å². The van der Waals surface area contributed by atoms with Gasteiger partial charge in [-0.3, -0.25) is 0 Å². The average Bonchev–Trinajstić information content (AvgIpc) is 2.78. The number of carbonyl (C=O) groups excluding carboxylic acids is 1. The summed E-state index contributed by atoms with van der Waals surface area (Å²) in [6.45, 7) is 6.65. The van der Waals surface area contributed by atoms with E-state index in [0.717, 1.165) is 0 Å². The quantitative estimate of drug-likeness (QED) is 0.837. The first kappa shape index (κ1) is 12.7. The van der Waals surface area contributed by atoms with Gasteiger partial charge in [-0.25, -0.2) is 14.3 Å². The first-order valence-electron chi connectivity index (χ1n) is 6.46. The second-order valence-corrected chi connectivity index (χ2v) is 5.30. The fraction of sp³-hybridized carbons (Fsp3) is 0.462. The monoisotopic (exact) mass is 276 g/mol. The van der Waals surface area contributed by atoms with Crippen LogP contribution in [-0.2, 0) is 4.74 Å². The first-order chi connectivity index (χ1) is 9.50. The molecule has 0 aromatic carbocycles. The highest BCUT2D eigenvalue weighted by atomic mass is 16.5. The van der Waals surface area contributed by atoms with Crippen molar-refractivity contribution in [1.82, 2.24) is 14.6 Å². The zero-order chi connectivity index (χ0) is 14.3. The van der Waals surface area contributed by atoms with Crippen molar-refractivity contribution < 1.29 is 14.3 Å². The van der Waals surface area contributed by atoms with Crippen LogP contribution in [0.1, 0.15) is 31.1 Å². The zero-order valence-electron chi connectivity index (χ0n) is 11.6. The third-order valence-electron chi connectivity index (χ3n) is 3.00. The van der Waals surface area contributed by atoms with Crippen molar-refractivity contribution in [3.05, 3.63) is 18.0 Å². The third kappa shape index (κ3) is 2.04. The molecule has 0 amide bonds.